The molecule has 6 heteroatoms. The zero-order chi connectivity index (χ0) is 24.4. The minimum atomic E-state index is 0.139. The molecule has 188 valence electrons. The van der Waals surface area contributed by atoms with Gasteiger partial charge in [0.15, 0.2) is 0 Å². The molecule has 34 heavy (non-hydrogen) atoms. The summed E-state index contributed by atoms with van der Waals surface area (Å²) in [7, 11) is 0. The first-order valence-electron chi connectivity index (χ1n) is 13.4. The number of anilines is 1. The van der Waals surface area contributed by atoms with Crippen molar-refractivity contribution in [3.05, 3.63) is 28.8 Å². The number of nitrogens with zero attached hydrogens (tertiary/aromatic N) is 3. The van der Waals surface area contributed by atoms with Gasteiger partial charge in [-0.3, -0.25) is 14.5 Å². The Bertz CT molecular complexity index is 874. The molecule has 0 spiro atoms. The Morgan fingerprint density at radius 2 is 1.68 bits per heavy atom. The summed E-state index contributed by atoms with van der Waals surface area (Å²) in [5.74, 6) is 2.14. The monoisotopic (exact) mass is 487 g/mol. The second-order valence-corrected chi connectivity index (χ2v) is 11.7. The van der Waals surface area contributed by atoms with Gasteiger partial charge in [0.2, 0.25) is 11.8 Å². The summed E-state index contributed by atoms with van der Waals surface area (Å²) in [6.07, 6.45) is 6.34. The van der Waals surface area contributed by atoms with Gasteiger partial charge in [0.1, 0.15) is 0 Å². The maximum atomic E-state index is 13.8. The highest BCUT2D eigenvalue weighted by atomic mass is 35.5. The fourth-order valence-corrected chi connectivity index (χ4v) is 6.28. The third-order valence-corrected chi connectivity index (χ3v) is 8.29. The van der Waals surface area contributed by atoms with Gasteiger partial charge in [-0.2, -0.15) is 0 Å². The van der Waals surface area contributed by atoms with Gasteiger partial charge in [-0.05, 0) is 68.6 Å². The molecule has 1 aromatic rings. The van der Waals surface area contributed by atoms with Crippen LogP contribution in [0.5, 0.6) is 0 Å². The first-order valence-corrected chi connectivity index (χ1v) is 13.8. The van der Waals surface area contributed by atoms with Gasteiger partial charge in [-0.25, -0.2) is 0 Å². The lowest BCUT2D eigenvalue weighted by Gasteiger charge is -2.30. The molecular formula is C28H42ClN3O2. The van der Waals surface area contributed by atoms with Crippen LogP contribution in [0.4, 0.5) is 5.69 Å². The largest absolute Gasteiger partial charge is 0.337 e. The molecule has 0 aromatic heterocycles. The second kappa shape index (κ2) is 11.0. The van der Waals surface area contributed by atoms with Gasteiger partial charge in [-0.1, -0.05) is 44.4 Å². The van der Waals surface area contributed by atoms with Crippen molar-refractivity contribution in [3.8, 4) is 0 Å². The van der Waals surface area contributed by atoms with E-state index in [-0.39, 0.29) is 17.7 Å². The highest BCUT2D eigenvalue weighted by Gasteiger charge is 2.55. The Balaban J connectivity index is 1.66. The number of hydrogen-bond acceptors (Lipinski definition) is 3. The number of fused-ring (bicyclic) bond motifs is 2. The van der Waals surface area contributed by atoms with E-state index >= 15 is 0 Å². The first kappa shape index (κ1) is 25.5. The fraction of sp³-hybridized carbons (Fsp3) is 0.714. The second-order valence-electron chi connectivity index (χ2n) is 11.3. The zero-order valence-corrected chi connectivity index (χ0v) is 22.2. The lowest BCUT2D eigenvalue weighted by atomic mass is 10.0. The van der Waals surface area contributed by atoms with E-state index in [1.165, 1.54) is 25.7 Å². The molecule has 0 N–H and O–H groups in total. The van der Waals surface area contributed by atoms with Crippen LogP contribution in [0.15, 0.2) is 18.2 Å². The van der Waals surface area contributed by atoms with E-state index in [0.717, 1.165) is 37.3 Å². The summed E-state index contributed by atoms with van der Waals surface area (Å²) < 4.78 is 0. The van der Waals surface area contributed by atoms with Crippen LogP contribution in [-0.4, -0.2) is 53.8 Å². The van der Waals surface area contributed by atoms with Gasteiger partial charge in [0, 0.05) is 56.1 Å². The quantitative estimate of drug-likeness (QED) is 0.555. The molecule has 0 radical (unpaired) electrons. The van der Waals surface area contributed by atoms with Crippen molar-refractivity contribution in [1.82, 2.24) is 9.80 Å². The first-order chi connectivity index (χ1) is 16.3. The Labute approximate surface area is 210 Å². The van der Waals surface area contributed by atoms with Crippen LogP contribution in [0.25, 0.3) is 0 Å². The minimum absolute atomic E-state index is 0.139. The van der Waals surface area contributed by atoms with Crippen LogP contribution in [-0.2, 0) is 16.1 Å². The van der Waals surface area contributed by atoms with E-state index in [9.17, 15) is 9.59 Å². The number of rotatable bonds is 4. The molecule has 0 bridgehead atoms. The van der Waals surface area contributed by atoms with Crippen LogP contribution < -0.4 is 4.90 Å². The maximum Gasteiger partial charge on any atom is 0.227 e. The molecule has 2 amide bonds. The number of carbonyl (C=O) groups is 2. The molecule has 2 atom stereocenters. The van der Waals surface area contributed by atoms with E-state index in [1.54, 1.807) is 0 Å². The number of halogens is 1. The molecular weight excluding hydrogens is 446 g/mol. The molecule has 1 aromatic carbocycles. The van der Waals surface area contributed by atoms with Crippen molar-refractivity contribution >= 4 is 29.1 Å². The average Bonchev–Trinajstić information content (AvgIpc) is 3.52. The molecule has 1 aliphatic heterocycles. The molecule has 2 saturated carbocycles. The van der Waals surface area contributed by atoms with Crippen molar-refractivity contribution in [2.24, 2.45) is 23.7 Å². The summed E-state index contributed by atoms with van der Waals surface area (Å²) in [5.41, 5.74) is 1.90. The van der Waals surface area contributed by atoms with E-state index < -0.39 is 0 Å². The Hall–Kier alpha value is -1.59. The van der Waals surface area contributed by atoms with Crippen molar-refractivity contribution in [2.45, 2.75) is 78.8 Å². The van der Waals surface area contributed by atoms with Crippen molar-refractivity contribution in [3.63, 3.8) is 0 Å². The average molecular weight is 488 g/mol. The van der Waals surface area contributed by atoms with E-state index in [1.807, 2.05) is 23.1 Å². The highest BCUT2D eigenvalue weighted by molar-refractivity contribution is 6.31. The topological polar surface area (TPSA) is 43.9 Å². The van der Waals surface area contributed by atoms with Crippen LogP contribution in [0.3, 0.4) is 0 Å². The van der Waals surface area contributed by atoms with Crippen LogP contribution in [0.2, 0.25) is 5.02 Å². The summed E-state index contributed by atoms with van der Waals surface area (Å²) in [6.45, 7) is 12.3. The van der Waals surface area contributed by atoms with Crippen LogP contribution in [0.1, 0.15) is 71.8 Å². The smallest absolute Gasteiger partial charge is 0.227 e. The molecule has 1 heterocycles. The van der Waals surface area contributed by atoms with Crippen LogP contribution >= 0.6 is 11.6 Å². The van der Waals surface area contributed by atoms with E-state index in [2.05, 4.69) is 37.5 Å². The Morgan fingerprint density at radius 1 is 0.971 bits per heavy atom. The van der Waals surface area contributed by atoms with Gasteiger partial charge in [0.05, 0.1) is 5.69 Å². The van der Waals surface area contributed by atoms with Gasteiger partial charge >= 0.3 is 0 Å². The highest BCUT2D eigenvalue weighted by Crippen LogP contribution is 2.56. The SMILES string of the molecule is CC(C)CC(=O)N1CCCN(C(C)C)CCN(C(=O)C2C3CCCCC32)Cc2ccc(Cl)cc21. The fourth-order valence-electron chi connectivity index (χ4n) is 6.11. The van der Waals surface area contributed by atoms with Gasteiger partial charge < -0.3 is 9.80 Å². The molecule has 5 nitrogen and oxygen atoms in total. The normalized spacial score (nSPS) is 26.1. The number of benzene rings is 1. The summed E-state index contributed by atoms with van der Waals surface area (Å²) in [4.78, 5) is 33.6. The summed E-state index contributed by atoms with van der Waals surface area (Å²) in [6, 6.07) is 6.24. The molecule has 0 saturated heterocycles. The van der Waals surface area contributed by atoms with Gasteiger partial charge in [-0.15, -0.1) is 0 Å². The van der Waals surface area contributed by atoms with Crippen molar-refractivity contribution < 1.29 is 9.59 Å². The molecule has 2 fully saturated rings. The standard InChI is InChI=1S/C28H42ClN3O2/c1-19(2)16-26(33)32-13-7-12-30(20(3)4)14-15-31(18-21-10-11-22(29)17-25(21)32)28(34)27-23-8-5-6-9-24(23)27/h10-11,17,19-20,23-24,27H,5-9,12-16,18H2,1-4H3. The van der Waals surface area contributed by atoms with Crippen LogP contribution in [0, 0.1) is 23.7 Å². The molecule has 4 rings (SSSR count). The lowest BCUT2D eigenvalue weighted by molar-refractivity contribution is -0.134. The molecule has 2 aliphatic carbocycles. The predicted molar refractivity (Wildman–Crippen MR) is 139 cm³/mol. The lowest BCUT2D eigenvalue weighted by Crippen LogP contribution is -2.42. The summed E-state index contributed by atoms with van der Waals surface area (Å²) >= 11 is 6.43. The Morgan fingerprint density at radius 3 is 2.32 bits per heavy atom. The molecule has 3 aliphatic rings. The van der Waals surface area contributed by atoms with E-state index in [0.29, 0.717) is 48.3 Å². The minimum Gasteiger partial charge on any atom is -0.337 e. The van der Waals surface area contributed by atoms with Gasteiger partial charge in [0.25, 0.3) is 0 Å². The Kier molecular flexibility index (Phi) is 8.24. The summed E-state index contributed by atoms with van der Waals surface area (Å²) in [5, 5.41) is 0.630. The number of carbonyl (C=O) groups excluding carboxylic acids is 2. The maximum absolute atomic E-state index is 13.8. The van der Waals surface area contributed by atoms with Crippen molar-refractivity contribution in [2.75, 3.05) is 31.1 Å². The third-order valence-electron chi connectivity index (χ3n) is 8.05. The number of amides is 2. The predicted octanol–water partition coefficient (Wildman–Crippen LogP) is 5.60. The van der Waals surface area contributed by atoms with Crippen molar-refractivity contribution in [1.29, 1.82) is 0 Å². The third kappa shape index (κ3) is 5.79. The zero-order valence-electron chi connectivity index (χ0n) is 21.4. The molecule has 2 unspecified atom stereocenters. The number of hydrogen-bond donors (Lipinski definition) is 0. The van der Waals surface area contributed by atoms with E-state index in [4.69, 9.17) is 11.6 Å².